The first kappa shape index (κ1) is 20.7. The van der Waals surface area contributed by atoms with Crippen LogP contribution in [0.15, 0.2) is 23.3 Å². The second-order valence-corrected chi connectivity index (χ2v) is 8.21. The molecule has 0 spiro atoms. The van der Waals surface area contributed by atoms with Crippen molar-refractivity contribution in [3.05, 3.63) is 28.8 Å². The topological polar surface area (TPSA) is 85.7 Å². The molecule has 4 rings (SSSR count). The van der Waals surface area contributed by atoms with Crippen molar-refractivity contribution in [2.24, 2.45) is 5.92 Å². The number of carbonyl (C=O) groups excluding carboxylic acids is 1. The van der Waals surface area contributed by atoms with Crippen molar-refractivity contribution in [3.8, 4) is 11.5 Å². The minimum atomic E-state index is -0.271. The van der Waals surface area contributed by atoms with Gasteiger partial charge in [-0.25, -0.2) is 4.98 Å². The van der Waals surface area contributed by atoms with Crippen molar-refractivity contribution in [1.82, 2.24) is 19.8 Å². The van der Waals surface area contributed by atoms with Crippen molar-refractivity contribution in [2.45, 2.75) is 44.7 Å². The fraction of sp³-hybridized carbons (Fsp3) is 0.591. The summed E-state index contributed by atoms with van der Waals surface area (Å²) in [7, 11) is 3.05. The van der Waals surface area contributed by atoms with Gasteiger partial charge in [-0.1, -0.05) is 6.42 Å². The fourth-order valence-electron chi connectivity index (χ4n) is 4.87. The smallest absolute Gasteiger partial charge is 0.261 e. The minimum absolute atomic E-state index is 0.0444. The second-order valence-electron chi connectivity index (χ2n) is 8.21. The first-order valence-electron chi connectivity index (χ1n) is 10.7. The highest BCUT2D eigenvalue weighted by atomic mass is 16.5. The number of amides is 1. The molecule has 8 nitrogen and oxygen atoms in total. The summed E-state index contributed by atoms with van der Waals surface area (Å²) in [6, 6.07) is 3.86. The molecule has 2 aliphatic rings. The van der Waals surface area contributed by atoms with E-state index in [1.54, 1.807) is 12.1 Å². The number of methoxy groups -OCH3 is 2. The molecule has 2 aliphatic heterocycles. The van der Waals surface area contributed by atoms with Gasteiger partial charge in [-0.05, 0) is 50.8 Å². The van der Waals surface area contributed by atoms with Gasteiger partial charge in [0.1, 0.15) is 6.54 Å². The third kappa shape index (κ3) is 4.14. The maximum atomic E-state index is 12.9. The Morgan fingerprint density at radius 3 is 2.70 bits per heavy atom. The van der Waals surface area contributed by atoms with Crippen molar-refractivity contribution < 1.29 is 14.3 Å². The van der Waals surface area contributed by atoms with Gasteiger partial charge in [0.05, 0.1) is 31.4 Å². The summed E-state index contributed by atoms with van der Waals surface area (Å²) in [5.74, 6) is 1.30. The minimum Gasteiger partial charge on any atom is -0.493 e. The first-order chi connectivity index (χ1) is 14.6. The monoisotopic (exact) mass is 414 g/mol. The van der Waals surface area contributed by atoms with Gasteiger partial charge in [0.2, 0.25) is 5.91 Å². The summed E-state index contributed by atoms with van der Waals surface area (Å²) in [4.78, 5) is 32.3. The van der Waals surface area contributed by atoms with E-state index in [9.17, 15) is 9.59 Å². The maximum Gasteiger partial charge on any atom is 0.261 e. The Morgan fingerprint density at radius 2 is 1.90 bits per heavy atom. The van der Waals surface area contributed by atoms with Crippen molar-refractivity contribution in [1.29, 1.82) is 0 Å². The molecule has 8 heteroatoms. The quantitative estimate of drug-likeness (QED) is 0.776. The van der Waals surface area contributed by atoms with Crippen LogP contribution in [0.5, 0.6) is 11.5 Å². The van der Waals surface area contributed by atoms with Crippen LogP contribution in [0.4, 0.5) is 0 Å². The van der Waals surface area contributed by atoms with Crippen LogP contribution >= 0.6 is 0 Å². The van der Waals surface area contributed by atoms with E-state index in [2.05, 4.69) is 15.2 Å². The van der Waals surface area contributed by atoms with Gasteiger partial charge in [0, 0.05) is 18.7 Å². The molecule has 30 heavy (non-hydrogen) atoms. The molecule has 1 aromatic heterocycles. The number of rotatable bonds is 6. The largest absolute Gasteiger partial charge is 0.493 e. The number of carbonyl (C=O) groups is 1. The van der Waals surface area contributed by atoms with Crippen molar-refractivity contribution >= 4 is 16.8 Å². The molecular formula is C22H30N4O4. The van der Waals surface area contributed by atoms with E-state index in [0.29, 0.717) is 40.9 Å². The summed E-state index contributed by atoms with van der Waals surface area (Å²) >= 11 is 0. The molecule has 0 radical (unpaired) electrons. The maximum absolute atomic E-state index is 12.9. The molecule has 2 atom stereocenters. The Morgan fingerprint density at radius 1 is 1.13 bits per heavy atom. The lowest BCUT2D eigenvalue weighted by atomic mass is 9.83. The van der Waals surface area contributed by atoms with Gasteiger partial charge in [-0.3, -0.25) is 14.2 Å². The number of benzene rings is 1. The SMILES string of the molecule is COc1cc2ncn(CC(=O)NC[C@H]3CCCN4CCCC[C@H]34)c(=O)c2cc1OC. The van der Waals surface area contributed by atoms with Crippen LogP contribution in [-0.2, 0) is 11.3 Å². The number of hydrogen-bond donors (Lipinski definition) is 1. The molecule has 2 saturated heterocycles. The second kappa shape index (κ2) is 9.04. The number of piperidine rings is 2. The van der Waals surface area contributed by atoms with Crippen LogP contribution in [0.1, 0.15) is 32.1 Å². The van der Waals surface area contributed by atoms with Crippen LogP contribution < -0.4 is 20.3 Å². The zero-order chi connectivity index (χ0) is 21.1. The molecule has 3 heterocycles. The van der Waals surface area contributed by atoms with E-state index in [1.807, 2.05) is 0 Å². The Bertz CT molecular complexity index is 971. The average Bonchev–Trinajstić information content (AvgIpc) is 2.78. The Labute approximate surface area is 176 Å². The molecule has 162 valence electrons. The lowest BCUT2D eigenvalue weighted by Crippen LogP contribution is -2.51. The predicted molar refractivity (Wildman–Crippen MR) is 114 cm³/mol. The van der Waals surface area contributed by atoms with Crippen LogP contribution in [0, 0.1) is 5.92 Å². The van der Waals surface area contributed by atoms with Crippen LogP contribution in [0.3, 0.4) is 0 Å². The van der Waals surface area contributed by atoms with Gasteiger partial charge >= 0.3 is 0 Å². The average molecular weight is 415 g/mol. The first-order valence-corrected chi connectivity index (χ1v) is 10.7. The van der Waals surface area contributed by atoms with E-state index in [0.717, 1.165) is 6.42 Å². The van der Waals surface area contributed by atoms with Gasteiger partial charge in [0.25, 0.3) is 5.56 Å². The van der Waals surface area contributed by atoms with E-state index >= 15 is 0 Å². The zero-order valence-electron chi connectivity index (χ0n) is 17.7. The summed E-state index contributed by atoms with van der Waals surface area (Å²) in [5, 5.41) is 3.45. The molecule has 2 aromatic rings. The summed E-state index contributed by atoms with van der Waals surface area (Å²) in [6.45, 7) is 2.99. The molecule has 1 aromatic carbocycles. The summed E-state index contributed by atoms with van der Waals surface area (Å²) in [6.07, 6.45) is 7.54. The van der Waals surface area contributed by atoms with E-state index in [1.165, 1.54) is 63.9 Å². The van der Waals surface area contributed by atoms with Crippen molar-refractivity contribution in [2.75, 3.05) is 33.9 Å². The number of hydrogen-bond acceptors (Lipinski definition) is 6. The number of nitrogens with zero attached hydrogens (tertiary/aromatic N) is 3. The van der Waals surface area contributed by atoms with Gasteiger partial charge < -0.3 is 19.7 Å². The number of nitrogens with one attached hydrogen (secondary N) is 1. The Balaban J connectivity index is 1.44. The zero-order valence-corrected chi connectivity index (χ0v) is 17.7. The normalized spacial score (nSPS) is 21.8. The Kier molecular flexibility index (Phi) is 6.22. The van der Waals surface area contributed by atoms with E-state index < -0.39 is 0 Å². The van der Waals surface area contributed by atoms with Gasteiger partial charge in [0.15, 0.2) is 11.5 Å². The van der Waals surface area contributed by atoms with Crippen LogP contribution in [0.25, 0.3) is 10.9 Å². The lowest BCUT2D eigenvalue weighted by molar-refractivity contribution is -0.122. The molecule has 0 bridgehead atoms. The lowest BCUT2D eigenvalue weighted by Gasteiger charge is -2.44. The number of fused-ring (bicyclic) bond motifs is 2. The summed E-state index contributed by atoms with van der Waals surface area (Å²) in [5.41, 5.74) is 0.237. The molecule has 0 aliphatic carbocycles. The summed E-state index contributed by atoms with van der Waals surface area (Å²) < 4.78 is 11.9. The molecule has 1 N–H and O–H groups in total. The third-order valence-electron chi connectivity index (χ3n) is 6.43. The highest BCUT2D eigenvalue weighted by Gasteiger charge is 2.32. The highest BCUT2D eigenvalue weighted by molar-refractivity contribution is 5.82. The van der Waals surface area contributed by atoms with Crippen LogP contribution in [0.2, 0.25) is 0 Å². The highest BCUT2D eigenvalue weighted by Crippen LogP contribution is 2.31. The predicted octanol–water partition coefficient (Wildman–Crippen LogP) is 1.79. The molecule has 0 unspecified atom stereocenters. The number of aromatic nitrogens is 2. The fourth-order valence-corrected chi connectivity index (χ4v) is 4.87. The standard InChI is InChI=1S/C22H30N4O4/c1-29-19-10-16-17(11-20(19)30-2)24-14-26(22(16)28)13-21(27)23-12-15-6-5-9-25-8-4-3-7-18(15)25/h10-11,14-15,18H,3-9,12-13H2,1-2H3,(H,23,27)/t15-,18-/m1/s1. The van der Waals surface area contributed by atoms with E-state index in [4.69, 9.17) is 9.47 Å². The molecule has 0 saturated carbocycles. The molecule has 2 fully saturated rings. The molecule has 1 amide bonds. The molecular weight excluding hydrogens is 384 g/mol. The Hall–Kier alpha value is -2.61. The van der Waals surface area contributed by atoms with Gasteiger partial charge in [-0.15, -0.1) is 0 Å². The van der Waals surface area contributed by atoms with E-state index in [-0.39, 0.29) is 18.0 Å². The third-order valence-corrected chi connectivity index (χ3v) is 6.43. The van der Waals surface area contributed by atoms with Gasteiger partial charge in [-0.2, -0.15) is 0 Å². The van der Waals surface area contributed by atoms with Crippen LogP contribution in [-0.4, -0.2) is 60.3 Å². The number of ether oxygens (including phenoxy) is 2. The van der Waals surface area contributed by atoms with Crippen molar-refractivity contribution in [3.63, 3.8) is 0 Å².